The quantitative estimate of drug-likeness (QED) is 0.775. The smallest absolute Gasteiger partial charge is 0.261 e. The first-order valence-corrected chi connectivity index (χ1v) is 9.18. The minimum absolute atomic E-state index is 0.322. The van der Waals surface area contributed by atoms with E-state index in [1.165, 1.54) is 12.0 Å². The zero-order valence-electron chi connectivity index (χ0n) is 12.5. The molecule has 0 bridgehead atoms. The standard InChI is InChI=1S/C17H17N3O2S/c21-23(22,15-7-5-12-3-1-2-4-13(12)9-15)20-14-6-8-16-17(10-14)19-11-18-16/h5-11,20H,1-4H2,(H,18,19). The van der Waals surface area contributed by atoms with E-state index >= 15 is 0 Å². The van der Waals surface area contributed by atoms with Crippen LogP contribution < -0.4 is 4.72 Å². The molecule has 0 amide bonds. The Morgan fingerprint density at radius 1 is 1.00 bits per heavy atom. The van der Waals surface area contributed by atoms with E-state index in [2.05, 4.69) is 14.7 Å². The zero-order chi connectivity index (χ0) is 15.9. The van der Waals surface area contributed by atoms with Gasteiger partial charge in [-0.05, 0) is 67.1 Å². The molecule has 2 aromatic carbocycles. The van der Waals surface area contributed by atoms with Crippen LogP contribution in [0.15, 0.2) is 47.6 Å². The normalized spacial score (nSPS) is 14.6. The van der Waals surface area contributed by atoms with Gasteiger partial charge in [0.1, 0.15) is 0 Å². The van der Waals surface area contributed by atoms with Gasteiger partial charge in [-0.3, -0.25) is 4.72 Å². The molecule has 1 aliphatic carbocycles. The summed E-state index contributed by atoms with van der Waals surface area (Å²) in [6, 6.07) is 10.7. The third-order valence-corrected chi connectivity index (χ3v) is 5.68. The van der Waals surface area contributed by atoms with Crippen molar-refractivity contribution in [3.8, 4) is 0 Å². The Bertz CT molecular complexity index is 976. The SMILES string of the molecule is O=S(=O)(Nc1ccc2nc[nH]c2c1)c1ccc2c(c1)CCCC2. The Labute approximate surface area is 134 Å². The second-order valence-electron chi connectivity index (χ2n) is 5.88. The third-order valence-electron chi connectivity index (χ3n) is 4.30. The maximum atomic E-state index is 12.6. The van der Waals surface area contributed by atoms with Crippen molar-refractivity contribution in [3.63, 3.8) is 0 Å². The summed E-state index contributed by atoms with van der Waals surface area (Å²) in [7, 11) is -3.58. The van der Waals surface area contributed by atoms with Crippen LogP contribution in [0.5, 0.6) is 0 Å². The van der Waals surface area contributed by atoms with Crippen LogP contribution in [0, 0.1) is 0 Å². The molecule has 0 fully saturated rings. The number of nitrogens with one attached hydrogen (secondary N) is 2. The Kier molecular flexibility index (Phi) is 3.34. The highest BCUT2D eigenvalue weighted by atomic mass is 32.2. The largest absolute Gasteiger partial charge is 0.345 e. The highest BCUT2D eigenvalue weighted by Gasteiger charge is 2.18. The minimum atomic E-state index is -3.58. The molecule has 4 rings (SSSR count). The van der Waals surface area contributed by atoms with Gasteiger partial charge in [-0.15, -0.1) is 0 Å². The number of aromatic nitrogens is 2. The summed E-state index contributed by atoms with van der Waals surface area (Å²) in [6.45, 7) is 0. The van der Waals surface area contributed by atoms with E-state index < -0.39 is 10.0 Å². The number of benzene rings is 2. The fraction of sp³-hybridized carbons (Fsp3) is 0.235. The molecule has 0 unspecified atom stereocenters. The monoisotopic (exact) mass is 327 g/mol. The number of anilines is 1. The van der Waals surface area contributed by atoms with Crippen molar-refractivity contribution >= 4 is 26.7 Å². The zero-order valence-corrected chi connectivity index (χ0v) is 13.4. The highest BCUT2D eigenvalue weighted by Crippen LogP contribution is 2.25. The lowest BCUT2D eigenvalue weighted by molar-refractivity contribution is 0.600. The molecule has 0 radical (unpaired) electrons. The molecule has 5 nitrogen and oxygen atoms in total. The van der Waals surface area contributed by atoms with Crippen LogP contribution in [0.2, 0.25) is 0 Å². The van der Waals surface area contributed by atoms with Gasteiger partial charge in [0.05, 0.1) is 27.9 Å². The molecule has 6 heteroatoms. The summed E-state index contributed by atoms with van der Waals surface area (Å²) in [5.74, 6) is 0. The second kappa shape index (κ2) is 5.38. The fourth-order valence-electron chi connectivity index (χ4n) is 3.09. The molecule has 23 heavy (non-hydrogen) atoms. The first kappa shape index (κ1) is 14.3. The molecule has 0 aliphatic heterocycles. The van der Waals surface area contributed by atoms with Crippen molar-refractivity contribution in [2.24, 2.45) is 0 Å². The molecule has 0 saturated heterocycles. The van der Waals surface area contributed by atoms with Crippen LogP contribution in [0.3, 0.4) is 0 Å². The molecule has 0 spiro atoms. The average molecular weight is 327 g/mol. The number of sulfonamides is 1. The number of aryl methyl sites for hydroxylation is 2. The van der Waals surface area contributed by atoms with Crippen molar-refractivity contribution in [1.29, 1.82) is 0 Å². The number of H-pyrrole nitrogens is 1. The van der Waals surface area contributed by atoms with Gasteiger partial charge in [0.2, 0.25) is 0 Å². The van der Waals surface area contributed by atoms with E-state index in [-0.39, 0.29) is 0 Å². The van der Waals surface area contributed by atoms with Crippen LogP contribution >= 0.6 is 0 Å². The first-order valence-electron chi connectivity index (χ1n) is 7.70. The predicted molar refractivity (Wildman–Crippen MR) is 90.0 cm³/mol. The maximum Gasteiger partial charge on any atom is 0.261 e. The fourth-order valence-corrected chi connectivity index (χ4v) is 4.19. The molecule has 1 aliphatic rings. The molecule has 1 heterocycles. The average Bonchev–Trinajstić information content (AvgIpc) is 3.01. The number of hydrogen-bond donors (Lipinski definition) is 2. The van der Waals surface area contributed by atoms with E-state index in [9.17, 15) is 8.42 Å². The summed E-state index contributed by atoms with van der Waals surface area (Å²) < 4.78 is 27.9. The number of nitrogens with zero attached hydrogens (tertiary/aromatic N) is 1. The number of aromatic amines is 1. The maximum absolute atomic E-state index is 12.6. The summed E-state index contributed by atoms with van der Waals surface area (Å²) in [6.07, 6.45) is 5.90. The number of fused-ring (bicyclic) bond motifs is 2. The molecule has 3 aromatic rings. The summed E-state index contributed by atoms with van der Waals surface area (Å²) in [4.78, 5) is 7.43. The highest BCUT2D eigenvalue weighted by molar-refractivity contribution is 7.92. The van der Waals surface area contributed by atoms with Crippen LogP contribution in [0.1, 0.15) is 24.0 Å². The Balaban J connectivity index is 1.66. The van der Waals surface area contributed by atoms with Crippen LogP contribution in [-0.4, -0.2) is 18.4 Å². The molecule has 2 N–H and O–H groups in total. The van der Waals surface area contributed by atoms with Gasteiger partial charge in [-0.25, -0.2) is 13.4 Å². The van der Waals surface area contributed by atoms with Gasteiger partial charge in [-0.2, -0.15) is 0 Å². The number of hydrogen-bond acceptors (Lipinski definition) is 3. The van der Waals surface area contributed by atoms with Gasteiger partial charge in [0.25, 0.3) is 10.0 Å². The third kappa shape index (κ3) is 2.70. The lowest BCUT2D eigenvalue weighted by atomic mass is 9.92. The van der Waals surface area contributed by atoms with E-state index in [0.29, 0.717) is 10.6 Å². The Morgan fingerprint density at radius 2 is 1.83 bits per heavy atom. The van der Waals surface area contributed by atoms with E-state index in [1.54, 1.807) is 30.6 Å². The van der Waals surface area contributed by atoms with Crippen molar-refractivity contribution in [1.82, 2.24) is 9.97 Å². The topological polar surface area (TPSA) is 74.8 Å². The second-order valence-corrected chi connectivity index (χ2v) is 7.56. The van der Waals surface area contributed by atoms with Crippen molar-refractivity contribution in [3.05, 3.63) is 53.9 Å². The van der Waals surface area contributed by atoms with Gasteiger partial charge in [0, 0.05) is 0 Å². The molecule has 118 valence electrons. The van der Waals surface area contributed by atoms with Gasteiger partial charge >= 0.3 is 0 Å². The number of imidazole rings is 1. The summed E-state index contributed by atoms with van der Waals surface area (Å²) in [5, 5.41) is 0. The van der Waals surface area contributed by atoms with Gasteiger partial charge in [0.15, 0.2) is 0 Å². The van der Waals surface area contributed by atoms with Gasteiger partial charge in [-0.1, -0.05) is 6.07 Å². The van der Waals surface area contributed by atoms with Crippen LogP contribution in [-0.2, 0) is 22.9 Å². The van der Waals surface area contributed by atoms with Crippen molar-refractivity contribution in [2.45, 2.75) is 30.6 Å². The van der Waals surface area contributed by atoms with Crippen molar-refractivity contribution < 1.29 is 8.42 Å². The van der Waals surface area contributed by atoms with E-state index in [4.69, 9.17) is 0 Å². The first-order chi connectivity index (χ1) is 11.1. The lowest BCUT2D eigenvalue weighted by Crippen LogP contribution is -2.14. The molecular weight excluding hydrogens is 310 g/mol. The van der Waals surface area contributed by atoms with Crippen molar-refractivity contribution in [2.75, 3.05) is 4.72 Å². The van der Waals surface area contributed by atoms with E-state index in [1.807, 2.05) is 12.1 Å². The van der Waals surface area contributed by atoms with E-state index in [0.717, 1.165) is 35.9 Å². The summed E-state index contributed by atoms with van der Waals surface area (Å²) in [5.41, 5.74) is 4.56. The molecule has 1 aromatic heterocycles. The molecular formula is C17H17N3O2S. The predicted octanol–water partition coefficient (Wildman–Crippen LogP) is 3.24. The van der Waals surface area contributed by atoms with Crippen LogP contribution in [0.4, 0.5) is 5.69 Å². The minimum Gasteiger partial charge on any atom is -0.345 e. The lowest BCUT2D eigenvalue weighted by Gasteiger charge is -2.17. The van der Waals surface area contributed by atoms with Gasteiger partial charge < -0.3 is 4.98 Å². The Morgan fingerprint density at radius 3 is 2.70 bits per heavy atom. The number of rotatable bonds is 3. The molecule has 0 atom stereocenters. The van der Waals surface area contributed by atoms with Crippen LogP contribution in [0.25, 0.3) is 11.0 Å². The summed E-state index contributed by atoms with van der Waals surface area (Å²) >= 11 is 0. The Hall–Kier alpha value is -2.34. The molecule has 0 saturated carbocycles.